The van der Waals surface area contributed by atoms with Crippen molar-refractivity contribution in [3.63, 3.8) is 0 Å². The molecule has 88 valence electrons. The number of benzene rings is 1. The van der Waals surface area contributed by atoms with E-state index in [9.17, 15) is 0 Å². The van der Waals surface area contributed by atoms with Crippen molar-refractivity contribution in [3.8, 4) is 17.0 Å². The molecule has 3 rings (SSSR count). The molecule has 0 saturated heterocycles. The topological polar surface area (TPSA) is 27.1 Å². The van der Waals surface area contributed by atoms with Crippen LogP contribution in [0.3, 0.4) is 0 Å². The van der Waals surface area contributed by atoms with Crippen LogP contribution in [0.1, 0.15) is 18.5 Å². The molecule has 0 amide bonds. The zero-order valence-electron chi connectivity index (χ0n) is 10.0. The lowest BCUT2D eigenvalue weighted by atomic mass is 10.1. The molecule has 2 heterocycles. The molecule has 1 aliphatic heterocycles. The molecule has 0 bridgehead atoms. The molecular formula is C14H16N2O. The van der Waals surface area contributed by atoms with Gasteiger partial charge in [0.05, 0.1) is 12.8 Å². The maximum Gasteiger partial charge on any atom is 0.119 e. The van der Waals surface area contributed by atoms with E-state index >= 15 is 0 Å². The SMILES string of the molecule is COc1cccc(-c2cc3n(n2)CCCC3)c1. The van der Waals surface area contributed by atoms with E-state index in [4.69, 9.17) is 4.74 Å². The second kappa shape index (κ2) is 4.24. The summed E-state index contributed by atoms with van der Waals surface area (Å²) < 4.78 is 7.38. The summed E-state index contributed by atoms with van der Waals surface area (Å²) in [7, 11) is 1.69. The largest absolute Gasteiger partial charge is 0.497 e. The first-order valence-electron chi connectivity index (χ1n) is 6.08. The molecule has 1 aromatic carbocycles. The van der Waals surface area contributed by atoms with Crippen LogP contribution in [0.4, 0.5) is 0 Å². The quantitative estimate of drug-likeness (QED) is 0.790. The lowest BCUT2D eigenvalue weighted by Gasteiger charge is -2.11. The Balaban J connectivity index is 2.00. The van der Waals surface area contributed by atoms with Gasteiger partial charge in [0.25, 0.3) is 0 Å². The Labute approximate surface area is 101 Å². The van der Waals surface area contributed by atoms with Gasteiger partial charge in [0.1, 0.15) is 5.75 Å². The minimum atomic E-state index is 0.883. The Hall–Kier alpha value is -1.77. The normalized spacial score (nSPS) is 14.4. The Kier molecular flexibility index (Phi) is 2.59. The standard InChI is InChI=1S/C14H16N2O/c1-17-13-7-4-5-11(9-13)14-10-12-6-2-3-8-16(12)15-14/h4-5,7,9-10H,2-3,6,8H2,1H3. The smallest absolute Gasteiger partial charge is 0.119 e. The van der Waals surface area contributed by atoms with Gasteiger partial charge in [-0.2, -0.15) is 5.10 Å². The zero-order valence-corrected chi connectivity index (χ0v) is 10.0. The number of aryl methyl sites for hydroxylation is 2. The van der Waals surface area contributed by atoms with Gasteiger partial charge in [-0.25, -0.2) is 0 Å². The Morgan fingerprint density at radius 2 is 2.18 bits per heavy atom. The average molecular weight is 228 g/mol. The van der Waals surface area contributed by atoms with E-state index in [0.29, 0.717) is 0 Å². The molecule has 0 spiro atoms. The van der Waals surface area contributed by atoms with Gasteiger partial charge in [-0.15, -0.1) is 0 Å². The van der Waals surface area contributed by atoms with Crippen molar-refractivity contribution in [2.24, 2.45) is 0 Å². The van der Waals surface area contributed by atoms with E-state index < -0.39 is 0 Å². The van der Waals surface area contributed by atoms with E-state index in [-0.39, 0.29) is 0 Å². The first kappa shape index (κ1) is 10.4. The molecule has 0 atom stereocenters. The summed E-state index contributed by atoms with van der Waals surface area (Å²) in [5.41, 5.74) is 3.54. The number of rotatable bonds is 2. The van der Waals surface area contributed by atoms with Crippen molar-refractivity contribution in [1.29, 1.82) is 0 Å². The van der Waals surface area contributed by atoms with Crippen molar-refractivity contribution in [3.05, 3.63) is 36.0 Å². The van der Waals surface area contributed by atoms with Gasteiger partial charge >= 0.3 is 0 Å². The minimum Gasteiger partial charge on any atom is -0.497 e. The first-order chi connectivity index (χ1) is 8.36. The second-order valence-corrected chi connectivity index (χ2v) is 4.43. The van der Waals surface area contributed by atoms with Gasteiger partial charge in [0.15, 0.2) is 0 Å². The fourth-order valence-corrected chi connectivity index (χ4v) is 2.34. The van der Waals surface area contributed by atoms with Gasteiger partial charge in [-0.05, 0) is 37.5 Å². The molecule has 3 heteroatoms. The molecule has 3 nitrogen and oxygen atoms in total. The van der Waals surface area contributed by atoms with Crippen molar-refractivity contribution in [2.75, 3.05) is 7.11 Å². The van der Waals surface area contributed by atoms with E-state index in [0.717, 1.165) is 30.0 Å². The number of hydrogen-bond acceptors (Lipinski definition) is 2. The molecule has 1 aliphatic rings. The van der Waals surface area contributed by atoms with Crippen LogP contribution in [0.15, 0.2) is 30.3 Å². The van der Waals surface area contributed by atoms with Crippen LogP contribution < -0.4 is 4.74 Å². The summed E-state index contributed by atoms with van der Waals surface area (Å²) in [6.07, 6.45) is 3.67. The Morgan fingerprint density at radius 3 is 3.00 bits per heavy atom. The van der Waals surface area contributed by atoms with E-state index in [2.05, 4.69) is 21.9 Å². The van der Waals surface area contributed by atoms with Crippen molar-refractivity contribution >= 4 is 0 Å². The fraction of sp³-hybridized carbons (Fsp3) is 0.357. The highest BCUT2D eigenvalue weighted by Crippen LogP contribution is 2.25. The predicted molar refractivity (Wildman–Crippen MR) is 67.2 cm³/mol. The highest BCUT2D eigenvalue weighted by Gasteiger charge is 2.13. The number of aromatic nitrogens is 2. The summed E-state index contributed by atoms with van der Waals surface area (Å²) >= 11 is 0. The Morgan fingerprint density at radius 1 is 1.24 bits per heavy atom. The molecule has 0 N–H and O–H groups in total. The third kappa shape index (κ3) is 1.93. The third-order valence-electron chi connectivity index (χ3n) is 3.28. The van der Waals surface area contributed by atoms with E-state index in [1.807, 2.05) is 18.2 Å². The number of hydrogen-bond donors (Lipinski definition) is 0. The lowest BCUT2D eigenvalue weighted by molar-refractivity contribution is 0.415. The molecule has 0 unspecified atom stereocenters. The number of methoxy groups -OCH3 is 1. The molecule has 0 radical (unpaired) electrons. The number of fused-ring (bicyclic) bond motifs is 1. The number of nitrogens with zero attached hydrogens (tertiary/aromatic N) is 2. The van der Waals surface area contributed by atoms with Crippen LogP contribution in [-0.2, 0) is 13.0 Å². The van der Waals surface area contributed by atoms with Gasteiger partial charge in [0.2, 0.25) is 0 Å². The lowest BCUT2D eigenvalue weighted by Crippen LogP contribution is -2.10. The number of ether oxygens (including phenoxy) is 1. The molecule has 1 aromatic heterocycles. The monoisotopic (exact) mass is 228 g/mol. The Bertz CT molecular complexity index is 507. The summed E-state index contributed by atoms with van der Waals surface area (Å²) in [6, 6.07) is 10.3. The minimum absolute atomic E-state index is 0.883. The van der Waals surface area contributed by atoms with Crippen LogP contribution in [0, 0.1) is 0 Å². The zero-order chi connectivity index (χ0) is 11.7. The first-order valence-corrected chi connectivity index (χ1v) is 6.08. The average Bonchev–Trinajstić information content (AvgIpc) is 2.82. The maximum atomic E-state index is 5.24. The summed E-state index contributed by atoms with van der Waals surface area (Å²) in [5.74, 6) is 0.883. The van der Waals surface area contributed by atoms with Crippen LogP contribution in [-0.4, -0.2) is 16.9 Å². The molecule has 2 aromatic rings. The third-order valence-corrected chi connectivity index (χ3v) is 3.28. The van der Waals surface area contributed by atoms with Crippen LogP contribution >= 0.6 is 0 Å². The van der Waals surface area contributed by atoms with Crippen LogP contribution in [0.5, 0.6) is 5.75 Å². The van der Waals surface area contributed by atoms with Crippen molar-refractivity contribution in [1.82, 2.24) is 9.78 Å². The summed E-state index contributed by atoms with van der Waals surface area (Å²) in [6.45, 7) is 1.05. The van der Waals surface area contributed by atoms with Crippen LogP contribution in [0.25, 0.3) is 11.3 Å². The summed E-state index contributed by atoms with van der Waals surface area (Å²) in [5, 5.41) is 4.66. The second-order valence-electron chi connectivity index (χ2n) is 4.43. The molecule has 0 aliphatic carbocycles. The predicted octanol–water partition coefficient (Wildman–Crippen LogP) is 2.90. The van der Waals surface area contributed by atoms with Gasteiger partial charge in [-0.1, -0.05) is 12.1 Å². The van der Waals surface area contributed by atoms with Crippen molar-refractivity contribution in [2.45, 2.75) is 25.8 Å². The van der Waals surface area contributed by atoms with E-state index in [1.165, 1.54) is 18.5 Å². The van der Waals surface area contributed by atoms with Gasteiger partial charge in [0, 0.05) is 17.8 Å². The highest BCUT2D eigenvalue weighted by atomic mass is 16.5. The van der Waals surface area contributed by atoms with Gasteiger partial charge < -0.3 is 4.74 Å². The molecule has 0 saturated carbocycles. The molecular weight excluding hydrogens is 212 g/mol. The van der Waals surface area contributed by atoms with Crippen molar-refractivity contribution < 1.29 is 4.74 Å². The van der Waals surface area contributed by atoms with E-state index in [1.54, 1.807) is 7.11 Å². The molecule has 0 fully saturated rings. The fourth-order valence-electron chi connectivity index (χ4n) is 2.34. The molecule has 17 heavy (non-hydrogen) atoms. The maximum absolute atomic E-state index is 5.24. The highest BCUT2D eigenvalue weighted by molar-refractivity contribution is 5.61. The summed E-state index contributed by atoms with van der Waals surface area (Å²) in [4.78, 5) is 0. The van der Waals surface area contributed by atoms with Crippen LogP contribution in [0.2, 0.25) is 0 Å². The van der Waals surface area contributed by atoms with Gasteiger partial charge in [-0.3, -0.25) is 4.68 Å².